The van der Waals surface area contributed by atoms with E-state index in [4.69, 9.17) is 11.1 Å². The molecule has 1 rings (SSSR count). The molecule has 0 bridgehead atoms. The highest BCUT2D eigenvalue weighted by molar-refractivity contribution is 5.79. The summed E-state index contributed by atoms with van der Waals surface area (Å²) in [4.78, 5) is 10.3. The zero-order chi connectivity index (χ0) is 12.1. The lowest BCUT2D eigenvalue weighted by atomic mass is 10.1. The third kappa shape index (κ3) is 3.18. The lowest BCUT2D eigenvalue weighted by molar-refractivity contribution is 0.720. The molecule has 0 radical (unpaired) electrons. The summed E-state index contributed by atoms with van der Waals surface area (Å²) >= 11 is 0. The Balaban J connectivity index is 2.72. The molecule has 1 heterocycles. The van der Waals surface area contributed by atoms with Gasteiger partial charge >= 0.3 is 0 Å². The molecule has 0 fully saturated rings. The molecule has 0 aliphatic carbocycles. The van der Waals surface area contributed by atoms with Gasteiger partial charge in [0.2, 0.25) is 0 Å². The van der Waals surface area contributed by atoms with Gasteiger partial charge in [-0.05, 0) is 6.42 Å². The lowest BCUT2D eigenvalue weighted by Crippen LogP contribution is -2.32. The van der Waals surface area contributed by atoms with Crippen LogP contribution >= 0.6 is 0 Å². The van der Waals surface area contributed by atoms with E-state index in [0.29, 0.717) is 6.54 Å². The number of amidine groups is 1. The van der Waals surface area contributed by atoms with Crippen LogP contribution < -0.4 is 10.6 Å². The number of hydrogen-bond donors (Lipinski definition) is 2. The molecule has 0 aliphatic heterocycles. The number of rotatable bonds is 5. The summed E-state index contributed by atoms with van der Waals surface area (Å²) in [6.45, 7) is 4.68. The smallest absolute Gasteiger partial charge is 0.131 e. The normalized spacial score (nSPS) is 12.2. The molecule has 0 spiro atoms. The van der Waals surface area contributed by atoms with Crippen LogP contribution in [0.1, 0.15) is 19.5 Å². The van der Waals surface area contributed by atoms with Crippen molar-refractivity contribution in [2.24, 2.45) is 11.7 Å². The summed E-state index contributed by atoms with van der Waals surface area (Å²) in [6.07, 6.45) is 2.47. The summed E-state index contributed by atoms with van der Waals surface area (Å²) < 4.78 is 0. The topological polar surface area (TPSA) is 78.9 Å². The van der Waals surface area contributed by atoms with E-state index < -0.39 is 0 Å². The molecule has 3 N–H and O–H groups in total. The van der Waals surface area contributed by atoms with E-state index in [2.05, 4.69) is 16.9 Å². The number of nitrogens with one attached hydrogen (secondary N) is 1. The van der Waals surface area contributed by atoms with Gasteiger partial charge in [0.15, 0.2) is 0 Å². The van der Waals surface area contributed by atoms with Crippen molar-refractivity contribution in [3.63, 3.8) is 0 Å². The minimum absolute atomic E-state index is 0.0324. The largest absolute Gasteiger partial charge is 0.387 e. The van der Waals surface area contributed by atoms with Gasteiger partial charge in [0, 0.05) is 31.3 Å². The monoisotopic (exact) mass is 221 g/mol. The predicted molar refractivity (Wildman–Crippen MR) is 65.8 cm³/mol. The number of nitrogens with zero attached hydrogens (tertiary/aromatic N) is 3. The van der Waals surface area contributed by atoms with Crippen molar-refractivity contribution in [3.8, 4) is 0 Å². The number of aromatic nitrogens is 2. The Morgan fingerprint density at radius 3 is 2.81 bits per heavy atom. The summed E-state index contributed by atoms with van der Waals surface area (Å²) in [5.74, 6) is 1.11. The third-order valence-electron chi connectivity index (χ3n) is 2.54. The first-order valence-corrected chi connectivity index (χ1v) is 5.40. The summed E-state index contributed by atoms with van der Waals surface area (Å²) in [5.41, 5.74) is 6.46. The fourth-order valence-electron chi connectivity index (χ4n) is 1.39. The minimum Gasteiger partial charge on any atom is -0.387 e. The average molecular weight is 221 g/mol. The summed E-state index contributed by atoms with van der Waals surface area (Å²) in [5, 5.41) is 7.35. The zero-order valence-electron chi connectivity index (χ0n) is 10.1. The van der Waals surface area contributed by atoms with Crippen molar-refractivity contribution in [1.82, 2.24) is 9.97 Å². The Kier molecular flexibility index (Phi) is 4.22. The van der Waals surface area contributed by atoms with E-state index >= 15 is 0 Å². The van der Waals surface area contributed by atoms with E-state index in [9.17, 15) is 0 Å². The zero-order valence-corrected chi connectivity index (χ0v) is 10.1. The van der Waals surface area contributed by atoms with Crippen LogP contribution in [0.4, 0.5) is 5.82 Å². The van der Waals surface area contributed by atoms with Crippen LogP contribution in [0.2, 0.25) is 0 Å². The molecule has 0 saturated heterocycles. The third-order valence-corrected chi connectivity index (χ3v) is 2.54. The van der Waals surface area contributed by atoms with E-state index in [0.717, 1.165) is 17.9 Å². The molecule has 0 aromatic carbocycles. The highest BCUT2D eigenvalue weighted by Gasteiger charge is 2.10. The fourth-order valence-corrected chi connectivity index (χ4v) is 1.39. The molecule has 88 valence electrons. The van der Waals surface area contributed by atoms with Gasteiger partial charge in [-0.2, -0.15) is 0 Å². The van der Waals surface area contributed by atoms with Gasteiger partial charge in [0.05, 0.1) is 5.84 Å². The van der Waals surface area contributed by atoms with Crippen molar-refractivity contribution in [3.05, 3.63) is 18.1 Å². The molecular weight excluding hydrogens is 202 g/mol. The summed E-state index contributed by atoms with van der Waals surface area (Å²) in [7, 11) is 1.95. The van der Waals surface area contributed by atoms with Crippen molar-refractivity contribution >= 4 is 11.7 Å². The second kappa shape index (κ2) is 5.44. The molecule has 5 heteroatoms. The maximum Gasteiger partial charge on any atom is 0.131 e. The second-order valence-corrected chi connectivity index (χ2v) is 3.96. The van der Waals surface area contributed by atoms with Crippen LogP contribution in [0.5, 0.6) is 0 Å². The molecule has 1 atom stereocenters. The molecule has 1 unspecified atom stereocenters. The standard InChI is InChI=1S/C11H19N5/c1-4-9-5-10(15-7-14-9)16(3)6-8(2)11(12)13/h5,7-8H,4,6H2,1-3H3,(H3,12,13). The predicted octanol–water partition coefficient (Wildman–Crippen LogP) is 1.05. The molecule has 0 saturated carbocycles. The first kappa shape index (κ1) is 12.4. The van der Waals surface area contributed by atoms with Gasteiger partial charge < -0.3 is 10.6 Å². The Labute approximate surface area is 96.2 Å². The second-order valence-electron chi connectivity index (χ2n) is 3.96. The van der Waals surface area contributed by atoms with Gasteiger partial charge in [-0.25, -0.2) is 9.97 Å². The molecule has 1 aromatic rings. The lowest BCUT2D eigenvalue weighted by Gasteiger charge is -2.21. The van der Waals surface area contributed by atoms with Gasteiger partial charge in [0.25, 0.3) is 0 Å². The number of anilines is 1. The Morgan fingerprint density at radius 1 is 1.56 bits per heavy atom. The van der Waals surface area contributed by atoms with Gasteiger partial charge in [0.1, 0.15) is 12.1 Å². The van der Waals surface area contributed by atoms with E-state index in [1.165, 1.54) is 0 Å². The number of nitrogens with two attached hydrogens (primary N) is 1. The van der Waals surface area contributed by atoms with Crippen LogP contribution in [0.25, 0.3) is 0 Å². The number of aryl methyl sites for hydroxylation is 1. The Hall–Kier alpha value is -1.65. The SMILES string of the molecule is CCc1cc(N(C)CC(C)C(=N)N)ncn1. The van der Waals surface area contributed by atoms with E-state index in [1.807, 2.05) is 24.9 Å². The minimum atomic E-state index is 0.0324. The van der Waals surface area contributed by atoms with Crippen molar-refractivity contribution in [2.45, 2.75) is 20.3 Å². The van der Waals surface area contributed by atoms with Crippen LogP contribution in [0.3, 0.4) is 0 Å². The average Bonchev–Trinajstić information content (AvgIpc) is 2.28. The maximum atomic E-state index is 7.35. The number of hydrogen-bond acceptors (Lipinski definition) is 4. The molecule has 16 heavy (non-hydrogen) atoms. The van der Waals surface area contributed by atoms with Crippen LogP contribution in [0, 0.1) is 11.3 Å². The molecule has 0 aliphatic rings. The van der Waals surface area contributed by atoms with Gasteiger partial charge in [-0.3, -0.25) is 5.41 Å². The molecule has 0 amide bonds. The van der Waals surface area contributed by atoms with Crippen LogP contribution in [-0.2, 0) is 6.42 Å². The first-order chi connectivity index (χ1) is 7.54. The van der Waals surface area contributed by atoms with Gasteiger partial charge in [-0.15, -0.1) is 0 Å². The Morgan fingerprint density at radius 2 is 2.25 bits per heavy atom. The maximum absolute atomic E-state index is 7.35. The van der Waals surface area contributed by atoms with Crippen molar-refractivity contribution in [1.29, 1.82) is 5.41 Å². The highest BCUT2D eigenvalue weighted by Crippen LogP contribution is 2.11. The molecule has 5 nitrogen and oxygen atoms in total. The van der Waals surface area contributed by atoms with Crippen LogP contribution in [0.15, 0.2) is 12.4 Å². The molecular formula is C11H19N5. The Bertz CT molecular complexity index is 363. The van der Waals surface area contributed by atoms with Crippen molar-refractivity contribution < 1.29 is 0 Å². The summed E-state index contributed by atoms with van der Waals surface area (Å²) in [6, 6.07) is 1.97. The van der Waals surface area contributed by atoms with Crippen LogP contribution in [-0.4, -0.2) is 29.4 Å². The first-order valence-electron chi connectivity index (χ1n) is 5.40. The van der Waals surface area contributed by atoms with Crippen molar-refractivity contribution in [2.75, 3.05) is 18.5 Å². The van der Waals surface area contributed by atoms with E-state index in [1.54, 1.807) is 6.33 Å². The molecule has 1 aromatic heterocycles. The fraction of sp³-hybridized carbons (Fsp3) is 0.545. The van der Waals surface area contributed by atoms with E-state index in [-0.39, 0.29) is 11.8 Å². The highest BCUT2D eigenvalue weighted by atomic mass is 15.2. The quantitative estimate of drug-likeness (QED) is 0.575. The van der Waals surface area contributed by atoms with Gasteiger partial charge in [-0.1, -0.05) is 13.8 Å².